The normalized spacial score (nSPS) is 12.4. The Bertz CT molecular complexity index is 1130. The van der Waals surface area contributed by atoms with Gasteiger partial charge in [0, 0.05) is 27.7 Å². The molecule has 0 atom stereocenters. The van der Waals surface area contributed by atoms with Gasteiger partial charge in [-0.25, -0.2) is 0 Å². The molecular weight excluding hydrogens is 459 g/mol. The molecule has 0 radical (unpaired) electrons. The molecule has 2 rings (SSSR count). The molecular formula is C25H30F3N5O2. The zero-order chi connectivity index (χ0) is 26.2. The van der Waals surface area contributed by atoms with Crippen LogP contribution >= 0.6 is 0 Å². The van der Waals surface area contributed by atoms with Gasteiger partial charge in [-0.05, 0) is 31.5 Å². The monoisotopic (exact) mass is 489 g/mol. The highest BCUT2D eigenvalue weighted by molar-refractivity contribution is 6.01. The van der Waals surface area contributed by atoms with Crippen molar-refractivity contribution < 1.29 is 22.7 Å². The number of hydrogen-bond acceptors (Lipinski definition) is 4. The number of amides is 1. The van der Waals surface area contributed by atoms with E-state index in [1.807, 2.05) is 44.2 Å². The molecule has 0 saturated heterocycles. The first-order valence-corrected chi connectivity index (χ1v) is 10.8. The van der Waals surface area contributed by atoms with E-state index in [-0.39, 0.29) is 35.5 Å². The number of aromatic nitrogens is 2. The number of ether oxygens (including phenoxy) is 1. The standard InChI is InChI=1S/C25H30F3N5O2/c1-6-18(2)11-8-7-9-14-33-21(22(29)31(3)4)23(32(5)17-34)30-24(33)35-20-13-10-12-19(15-20)16-25(26,27)28/h6-13,15,17,29H,14,16H2,1-5H3/b9-7+,11-8-,18-6-,29-22?. The Kier molecular flexibility index (Phi) is 9.44. The summed E-state index contributed by atoms with van der Waals surface area (Å²) in [5.74, 6) is 0.429. The van der Waals surface area contributed by atoms with Crippen molar-refractivity contribution >= 4 is 18.1 Å². The number of imidazole rings is 1. The molecule has 0 unspecified atom stereocenters. The van der Waals surface area contributed by atoms with Gasteiger partial charge >= 0.3 is 12.2 Å². The zero-order valence-corrected chi connectivity index (χ0v) is 20.4. The number of halogens is 3. The van der Waals surface area contributed by atoms with Gasteiger partial charge in [-0.1, -0.05) is 48.1 Å². The lowest BCUT2D eigenvalue weighted by atomic mass is 10.1. The van der Waals surface area contributed by atoms with E-state index in [1.54, 1.807) is 23.6 Å². The molecule has 2 aromatic rings. The number of benzene rings is 1. The van der Waals surface area contributed by atoms with Crippen LogP contribution in [0.15, 0.2) is 60.2 Å². The average molecular weight is 490 g/mol. The van der Waals surface area contributed by atoms with E-state index in [2.05, 4.69) is 4.98 Å². The third-order valence-corrected chi connectivity index (χ3v) is 4.94. The minimum Gasteiger partial charge on any atom is -0.425 e. The fourth-order valence-corrected chi connectivity index (χ4v) is 3.01. The Labute approximate surface area is 203 Å². The first-order valence-electron chi connectivity index (χ1n) is 10.8. The number of nitrogens with one attached hydrogen (secondary N) is 1. The van der Waals surface area contributed by atoms with Crippen molar-refractivity contribution in [3.63, 3.8) is 0 Å². The molecule has 1 aromatic carbocycles. The predicted molar refractivity (Wildman–Crippen MR) is 131 cm³/mol. The molecule has 1 aromatic heterocycles. The molecule has 35 heavy (non-hydrogen) atoms. The second kappa shape index (κ2) is 12.0. The van der Waals surface area contributed by atoms with Crippen LogP contribution in [-0.4, -0.2) is 54.0 Å². The average Bonchev–Trinajstić information content (AvgIpc) is 3.14. The molecule has 7 nitrogen and oxygen atoms in total. The van der Waals surface area contributed by atoms with E-state index in [0.717, 1.165) is 5.57 Å². The van der Waals surface area contributed by atoms with Gasteiger partial charge in [0.1, 0.15) is 17.3 Å². The van der Waals surface area contributed by atoms with Crippen LogP contribution < -0.4 is 9.64 Å². The Hall–Kier alpha value is -3.82. The Morgan fingerprint density at radius 1 is 1.23 bits per heavy atom. The molecule has 0 spiro atoms. The summed E-state index contributed by atoms with van der Waals surface area (Å²) < 4.78 is 46.0. The summed E-state index contributed by atoms with van der Waals surface area (Å²) in [5, 5.41) is 8.55. The number of carbonyl (C=O) groups is 1. The maximum absolute atomic E-state index is 12.8. The number of allylic oxidation sites excluding steroid dienone is 6. The van der Waals surface area contributed by atoms with Crippen LogP contribution in [0, 0.1) is 5.41 Å². The van der Waals surface area contributed by atoms with Crippen molar-refractivity contribution in [2.24, 2.45) is 0 Å². The third kappa shape index (κ3) is 7.87. The molecule has 0 aliphatic rings. The Morgan fingerprint density at radius 2 is 1.94 bits per heavy atom. The van der Waals surface area contributed by atoms with Crippen LogP contribution in [0.25, 0.3) is 0 Å². The molecule has 1 N–H and O–H groups in total. The molecule has 188 valence electrons. The predicted octanol–water partition coefficient (Wildman–Crippen LogP) is 5.34. The maximum atomic E-state index is 12.8. The van der Waals surface area contributed by atoms with Crippen molar-refractivity contribution in [2.75, 3.05) is 26.0 Å². The van der Waals surface area contributed by atoms with Crippen LogP contribution in [0.2, 0.25) is 0 Å². The quantitative estimate of drug-likeness (QED) is 0.212. The van der Waals surface area contributed by atoms with E-state index >= 15 is 0 Å². The number of carbonyl (C=O) groups excluding carboxylic acids is 1. The Balaban J connectivity index is 2.53. The molecule has 0 fully saturated rings. The highest BCUT2D eigenvalue weighted by atomic mass is 19.4. The molecule has 0 bridgehead atoms. The number of nitrogens with zero attached hydrogens (tertiary/aromatic N) is 4. The number of alkyl halides is 3. The minimum atomic E-state index is -4.35. The maximum Gasteiger partial charge on any atom is 0.393 e. The van der Waals surface area contributed by atoms with E-state index in [1.165, 1.54) is 36.2 Å². The van der Waals surface area contributed by atoms with Crippen molar-refractivity contribution in [3.05, 3.63) is 71.5 Å². The second-order valence-corrected chi connectivity index (χ2v) is 8.00. The summed E-state index contributed by atoms with van der Waals surface area (Å²) >= 11 is 0. The summed E-state index contributed by atoms with van der Waals surface area (Å²) in [7, 11) is 4.87. The SMILES string of the molecule is C\C=C(C)/C=C\C=C\Cn1c(Oc2cccc(CC(F)(F)F)c2)nc(N(C)C=O)c1C(=N)N(C)C. The fraction of sp³-hybridized carbons (Fsp3) is 0.320. The first-order chi connectivity index (χ1) is 16.5. The van der Waals surface area contributed by atoms with E-state index in [4.69, 9.17) is 10.1 Å². The van der Waals surface area contributed by atoms with Gasteiger partial charge in [0.05, 0.1) is 6.42 Å². The number of anilines is 1. The first kappa shape index (κ1) is 27.4. The topological polar surface area (TPSA) is 74.5 Å². The summed E-state index contributed by atoms with van der Waals surface area (Å²) in [6.07, 6.45) is 4.54. The summed E-state index contributed by atoms with van der Waals surface area (Å²) in [4.78, 5) is 18.7. The van der Waals surface area contributed by atoms with Gasteiger partial charge < -0.3 is 14.5 Å². The molecule has 0 aliphatic heterocycles. The van der Waals surface area contributed by atoms with Crippen molar-refractivity contribution in [3.8, 4) is 11.8 Å². The van der Waals surface area contributed by atoms with Crippen molar-refractivity contribution in [1.29, 1.82) is 5.41 Å². The van der Waals surface area contributed by atoms with Gasteiger partial charge in [0.2, 0.25) is 6.41 Å². The van der Waals surface area contributed by atoms with Crippen LogP contribution in [-0.2, 0) is 17.8 Å². The Morgan fingerprint density at radius 3 is 2.54 bits per heavy atom. The summed E-state index contributed by atoms with van der Waals surface area (Å²) in [5.41, 5.74) is 1.46. The summed E-state index contributed by atoms with van der Waals surface area (Å²) in [6.45, 7) is 4.14. The van der Waals surface area contributed by atoms with Crippen molar-refractivity contribution in [1.82, 2.24) is 14.5 Å². The highest BCUT2D eigenvalue weighted by Crippen LogP contribution is 2.31. The highest BCUT2D eigenvalue weighted by Gasteiger charge is 2.28. The third-order valence-electron chi connectivity index (χ3n) is 4.94. The molecule has 1 amide bonds. The van der Waals surface area contributed by atoms with Crippen molar-refractivity contribution in [2.45, 2.75) is 33.0 Å². The minimum absolute atomic E-state index is 0.0396. The largest absolute Gasteiger partial charge is 0.425 e. The second-order valence-electron chi connectivity index (χ2n) is 8.00. The van der Waals surface area contributed by atoms with Gasteiger partial charge in [0.15, 0.2) is 5.82 Å². The van der Waals surface area contributed by atoms with E-state index in [0.29, 0.717) is 12.1 Å². The van der Waals surface area contributed by atoms with Crippen LogP contribution in [0.4, 0.5) is 19.0 Å². The van der Waals surface area contributed by atoms with E-state index in [9.17, 15) is 18.0 Å². The number of amidine groups is 1. The number of hydrogen-bond donors (Lipinski definition) is 1. The zero-order valence-electron chi connectivity index (χ0n) is 20.4. The molecule has 1 heterocycles. The van der Waals surface area contributed by atoms with Crippen LogP contribution in [0.3, 0.4) is 0 Å². The molecule has 0 aliphatic carbocycles. The van der Waals surface area contributed by atoms with E-state index < -0.39 is 12.6 Å². The summed E-state index contributed by atoms with van der Waals surface area (Å²) in [6, 6.07) is 5.70. The number of rotatable bonds is 10. The molecule has 10 heteroatoms. The lowest BCUT2D eigenvalue weighted by Gasteiger charge is -2.18. The van der Waals surface area contributed by atoms with Gasteiger partial charge in [0.25, 0.3) is 0 Å². The lowest BCUT2D eigenvalue weighted by molar-refractivity contribution is -0.127. The van der Waals surface area contributed by atoms with Crippen LogP contribution in [0.5, 0.6) is 11.8 Å². The van der Waals surface area contributed by atoms with Gasteiger partial charge in [-0.2, -0.15) is 18.2 Å². The fourth-order valence-electron chi connectivity index (χ4n) is 3.01. The lowest BCUT2D eigenvalue weighted by Crippen LogP contribution is -2.27. The van der Waals surface area contributed by atoms with Crippen LogP contribution in [0.1, 0.15) is 25.1 Å². The molecule has 0 saturated carbocycles. The van der Waals surface area contributed by atoms with Gasteiger partial charge in [-0.15, -0.1) is 0 Å². The van der Waals surface area contributed by atoms with Gasteiger partial charge in [-0.3, -0.25) is 14.8 Å². The smallest absolute Gasteiger partial charge is 0.393 e.